The number of nitrogens with zero attached hydrogens (tertiary/aromatic N) is 2. The summed E-state index contributed by atoms with van der Waals surface area (Å²) in [5.41, 5.74) is 16.9. The summed E-state index contributed by atoms with van der Waals surface area (Å²) in [7, 11) is 0. The molecule has 0 unspecified atom stereocenters. The van der Waals surface area contributed by atoms with Crippen molar-refractivity contribution in [1.82, 2.24) is 10.9 Å². The number of benzene rings is 1. The molecule has 0 aliphatic heterocycles. The maximum Gasteiger partial charge on any atom is 0.332 e. The van der Waals surface area contributed by atoms with Gasteiger partial charge in [0.1, 0.15) is 0 Å². The van der Waals surface area contributed by atoms with Crippen molar-refractivity contribution in [2.45, 2.75) is 13.8 Å². The maximum atomic E-state index is 10.6. The van der Waals surface area contributed by atoms with Gasteiger partial charge in [-0.05, 0) is 31.0 Å². The molecule has 0 atom stereocenters. The van der Waals surface area contributed by atoms with Crippen molar-refractivity contribution in [3.05, 3.63) is 35.4 Å². The van der Waals surface area contributed by atoms with Crippen molar-refractivity contribution in [2.24, 2.45) is 21.7 Å². The lowest BCUT2D eigenvalue weighted by atomic mass is 10.1. The summed E-state index contributed by atoms with van der Waals surface area (Å²) in [6, 6.07) is 5.78. The summed E-state index contributed by atoms with van der Waals surface area (Å²) in [5, 5.41) is 7.66. The first-order valence-corrected chi connectivity index (χ1v) is 5.70. The Balaban J connectivity index is 2.95. The largest absolute Gasteiger partial charge is 0.350 e. The second kappa shape index (κ2) is 6.88. The quantitative estimate of drug-likeness (QED) is 0.470. The number of nitrogens with one attached hydrogen (secondary N) is 2. The molecule has 4 amide bonds. The molecule has 1 aromatic carbocycles. The Hall–Kier alpha value is -2.90. The normalized spacial score (nSPS) is 11.9. The molecular formula is C12H16N6O2. The highest BCUT2D eigenvalue weighted by Crippen LogP contribution is 2.07. The minimum absolute atomic E-state index is 0.585. The van der Waals surface area contributed by atoms with Crippen LogP contribution >= 0.6 is 0 Å². The van der Waals surface area contributed by atoms with Crippen LogP contribution < -0.4 is 22.3 Å². The van der Waals surface area contributed by atoms with Gasteiger partial charge in [0, 0.05) is 0 Å². The molecule has 0 heterocycles. The SMILES string of the molecule is C/C(=N/NC(N)=O)c1cccc(/C(C)=N\NC(N)=O)c1. The van der Waals surface area contributed by atoms with Crippen LogP contribution in [-0.2, 0) is 0 Å². The fourth-order valence-electron chi connectivity index (χ4n) is 1.38. The van der Waals surface area contributed by atoms with Gasteiger partial charge in [-0.25, -0.2) is 20.4 Å². The Labute approximate surface area is 115 Å². The number of urea groups is 2. The van der Waals surface area contributed by atoms with E-state index in [2.05, 4.69) is 21.1 Å². The molecule has 0 radical (unpaired) electrons. The van der Waals surface area contributed by atoms with Crippen molar-refractivity contribution < 1.29 is 9.59 Å². The molecule has 0 aliphatic carbocycles. The number of hydrogen-bond acceptors (Lipinski definition) is 4. The van der Waals surface area contributed by atoms with E-state index in [0.717, 1.165) is 11.1 Å². The zero-order valence-corrected chi connectivity index (χ0v) is 11.2. The third-order valence-electron chi connectivity index (χ3n) is 2.37. The van der Waals surface area contributed by atoms with Crippen LogP contribution in [0.5, 0.6) is 0 Å². The van der Waals surface area contributed by atoms with Crippen molar-refractivity contribution in [3.8, 4) is 0 Å². The third kappa shape index (κ3) is 4.77. The summed E-state index contributed by atoms with van der Waals surface area (Å²) in [5.74, 6) is 0. The Morgan fingerprint density at radius 1 is 0.950 bits per heavy atom. The molecule has 8 heteroatoms. The number of carbonyl (C=O) groups is 2. The molecule has 0 fully saturated rings. The maximum absolute atomic E-state index is 10.6. The average molecular weight is 276 g/mol. The average Bonchev–Trinajstić information content (AvgIpc) is 2.42. The van der Waals surface area contributed by atoms with E-state index in [1.165, 1.54) is 0 Å². The molecule has 0 bridgehead atoms. The molecule has 8 nitrogen and oxygen atoms in total. The van der Waals surface area contributed by atoms with E-state index in [4.69, 9.17) is 11.5 Å². The standard InChI is InChI=1S/C12H16N6O2/c1-7(15-17-11(13)19)9-4-3-5-10(6-9)8(2)16-18-12(14)20/h3-6H,1-2H3,(H3,13,17,19)(H3,14,18,20)/b15-7-,16-8-. The molecule has 0 aliphatic rings. The zero-order valence-electron chi connectivity index (χ0n) is 11.2. The van der Waals surface area contributed by atoms with Crippen LogP contribution in [0, 0.1) is 0 Å². The molecule has 0 saturated carbocycles. The Bertz CT molecular complexity index is 532. The van der Waals surface area contributed by atoms with Gasteiger partial charge in [0.15, 0.2) is 0 Å². The Morgan fingerprint density at radius 2 is 1.35 bits per heavy atom. The van der Waals surface area contributed by atoms with Crippen molar-refractivity contribution in [3.63, 3.8) is 0 Å². The van der Waals surface area contributed by atoms with Crippen LogP contribution in [0.1, 0.15) is 25.0 Å². The van der Waals surface area contributed by atoms with Gasteiger partial charge in [-0.15, -0.1) is 0 Å². The van der Waals surface area contributed by atoms with Crippen molar-refractivity contribution in [2.75, 3.05) is 0 Å². The second-order valence-corrected chi connectivity index (χ2v) is 3.93. The first-order valence-electron chi connectivity index (χ1n) is 5.70. The summed E-state index contributed by atoms with van der Waals surface area (Å²) >= 11 is 0. The highest BCUT2D eigenvalue weighted by molar-refractivity contribution is 6.04. The lowest BCUT2D eigenvalue weighted by molar-refractivity contribution is 0.248. The molecule has 20 heavy (non-hydrogen) atoms. The number of primary amides is 2. The van der Waals surface area contributed by atoms with Crippen LogP contribution in [-0.4, -0.2) is 23.5 Å². The van der Waals surface area contributed by atoms with Gasteiger partial charge >= 0.3 is 12.1 Å². The summed E-state index contributed by atoms with van der Waals surface area (Å²) < 4.78 is 0. The molecule has 6 N–H and O–H groups in total. The number of rotatable bonds is 4. The predicted molar refractivity (Wildman–Crippen MR) is 76.3 cm³/mol. The zero-order chi connectivity index (χ0) is 15.1. The molecule has 1 aromatic rings. The van der Waals surface area contributed by atoms with Crippen molar-refractivity contribution in [1.29, 1.82) is 0 Å². The van der Waals surface area contributed by atoms with E-state index in [9.17, 15) is 9.59 Å². The molecular weight excluding hydrogens is 260 g/mol. The van der Waals surface area contributed by atoms with Gasteiger partial charge in [0.25, 0.3) is 0 Å². The first kappa shape index (κ1) is 15.2. The lowest BCUT2D eigenvalue weighted by Crippen LogP contribution is -2.25. The summed E-state index contributed by atoms with van der Waals surface area (Å²) in [4.78, 5) is 21.2. The summed E-state index contributed by atoms with van der Waals surface area (Å²) in [6.45, 7) is 3.45. The van der Waals surface area contributed by atoms with Crippen LogP contribution in [0.4, 0.5) is 9.59 Å². The van der Waals surface area contributed by atoms with Gasteiger partial charge in [-0.3, -0.25) is 0 Å². The number of amides is 4. The highest BCUT2D eigenvalue weighted by Gasteiger charge is 2.03. The number of hydrazone groups is 2. The number of hydrogen-bond donors (Lipinski definition) is 4. The Kier molecular flexibility index (Phi) is 5.21. The van der Waals surface area contributed by atoms with Crippen molar-refractivity contribution >= 4 is 23.5 Å². The predicted octanol–water partition coefficient (Wildman–Crippen LogP) is 0.471. The molecule has 106 valence electrons. The molecule has 0 saturated heterocycles. The van der Waals surface area contributed by atoms with Crippen LogP contribution in [0.3, 0.4) is 0 Å². The van der Waals surface area contributed by atoms with Crippen LogP contribution in [0.25, 0.3) is 0 Å². The van der Waals surface area contributed by atoms with E-state index < -0.39 is 12.1 Å². The van der Waals surface area contributed by atoms with E-state index in [0.29, 0.717) is 11.4 Å². The fraction of sp³-hybridized carbons (Fsp3) is 0.167. The highest BCUT2D eigenvalue weighted by atomic mass is 16.2. The third-order valence-corrected chi connectivity index (χ3v) is 2.37. The van der Waals surface area contributed by atoms with Gasteiger partial charge in [-0.1, -0.05) is 18.2 Å². The summed E-state index contributed by atoms with van der Waals surface area (Å²) in [6.07, 6.45) is 0. The second-order valence-electron chi connectivity index (χ2n) is 3.93. The van der Waals surface area contributed by atoms with Crippen LogP contribution in [0.2, 0.25) is 0 Å². The lowest BCUT2D eigenvalue weighted by Gasteiger charge is -2.05. The fourth-order valence-corrected chi connectivity index (χ4v) is 1.38. The van der Waals surface area contributed by atoms with E-state index in [-0.39, 0.29) is 0 Å². The molecule has 0 aromatic heterocycles. The first-order chi connectivity index (χ1) is 9.40. The van der Waals surface area contributed by atoms with Gasteiger partial charge in [0.05, 0.1) is 11.4 Å². The van der Waals surface area contributed by atoms with Gasteiger partial charge < -0.3 is 11.5 Å². The molecule has 0 spiro atoms. The number of nitrogens with two attached hydrogens (primary N) is 2. The van der Waals surface area contributed by atoms with Gasteiger partial charge in [-0.2, -0.15) is 10.2 Å². The number of carbonyl (C=O) groups excluding carboxylic acids is 2. The van der Waals surface area contributed by atoms with Crippen LogP contribution in [0.15, 0.2) is 34.5 Å². The molecule has 1 rings (SSSR count). The monoisotopic (exact) mass is 276 g/mol. The minimum atomic E-state index is -0.732. The van der Waals surface area contributed by atoms with E-state index in [1.807, 2.05) is 18.2 Å². The topological polar surface area (TPSA) is 135 Å². The minimum Gasteiger partial charge on any atom is -0.350 e. The smallest absolute Gasteiger partial charge is 0.332 e. The van der Waals surface area contributed by atoms with E-state index >= 15 is 0 Å². The van der Waals surface area contributed by atoms with E-state index in [1.54, 1.807) is 19.9 Å². The Morgan fingerprint density at radius 3 is 1.70 bits per heavy atom. The van der Waals surface area contributed by atoms with Gasteiger partial charge in [0.2, 0.25) is 0 Å².